The number of aromatic hydroxyl groups is 12. The summed E-state index contributed by atoms with van der Waals surface area (Å²) in [5.41, 5.74) is -7.35. The van der Waals surface area contributed by atoms with Crippen molar-refractivity contribution < 1.29 is 124 Å². The molecule has 0 aromatic heterocycles. The first-order valence-corrected chi connectivity index (χ1v) is 18.8. The molecule has 3 heterocycles. The van der Waals surface area contributed by atoms with Crippen LogP contribution in [0.15, 0.2) is 47.7 Å². The molecule has 7 atom stereocenters. The average molecular weight is 925 g/mol. The van der Waals surface area contributed by atoms with E-state index in [1.54, 1.807) is 0 Å². The van der Waals surface area contributed by atoms with E-state index in [1.807, 2.05) is 0 Å². The minimum absolute atomic E-state index is 0.414. The summed E-state index contributed by atoms with van der Waals surface area (Å²) in [7, 11) is 0. The second kappa shape index (κ2) is 15.9. The van der Waals surface area contributed by atoms with Gasteiger partial charge in [0.05, 0.1) is 28.9 Å². The predicted molar refractivity (Wildman–Crippen MR) is 206 cm³/mol. The van der Waals surface area contributed by atoms with Gasteiger partial charge in [0.25, 0.3) is 0 Å². The summed E-state index contributed by atoms with van der Waals surface area (Å²) in [6.45, 7) is -2.12. The van der Waals surface area contributed by atoms with Crippen molar-refractivity contribution in [1.29, 1.82) is 0 Å². The molecule has 8 rings (SSSR count). The van der Waals surface area contributed by atoms with Crippen LogP contribution in [-0.4, -0.2) is 150 Å². The number of rotatable bonds is 2. The van der Waals surface area contributed by atoms with Crippen LogP contribution in [0.2, 0.25) is 0 Å². The Morgan fingerprint density at radius 3 is 1.67 bits per heavy atom. The van der Waals surface area contributed by atoms with Crippen LogP contribution in [0.4, 0.5) is 0 Å². The number of benzene rings is 4. The molecule has 0 saturated carbocycles. The number of hydrogen-bond donors (Lipinski definition) is 15. The Morgan fingerprint density at radius 1 is 0.561 bits per heavy atom. The normalized spacial score (nSPS) is 23.9. The Balaban J connectivity index is 1.34. The summed E-state index contributed by atoms with van der Waals surface area (Å²) in [6.07, 6.45) is -14.9. The number of phenolic OH excluding ortho intramolecular Hbond substituents is 12. The lowest BCUT2D eigenvalue weighted by molar-refractivity contribution is -0.298. The lowest BCUT2D eigenvalue weighted by Crippen LogP contribution is -2.63. The Bertz CT molecular complexity index is 2840. The topological polar surface area (TPSA) is 427 Å². The first kappa shape index (κ1) is 44.1. The van der Waals surface area contributed by atoms with E-state index < -0.39 is 205 Å². The van der Waals surface area contributed by atoms with Gasteiger partial charge in [-0.1, -0.05) is 0 Å². The molecule has 346 valence electrons. The zero-order chi connectivity index (χ0) is 48.0. The molecule has 4 aliphatic rings. The molecular formula is C41H32O25. The fraction of sp³-hybridized carbons (Fsp3) is 0.220. The number of carbonyl (C=O) groups excluding carboxylic acids is 4. The summed E-state index contributed by atoms with van der Waals surface area (Å²) in [5.74, 6) is -21.8. The van der Waals surface area contributed by atoms with Gasteiger partial charge in [-0.3, -0.25) is 0 Å². The summed E-state index contributed by atoms with van der Waals surface area (Å²) < 4.78 is 34.6. The lowest BCUT2D eigenvalue weighted by atomic mass is 9.83. The van der Waals surface area contributed by atoms with Gasteiger partial charge in [0.1, 0.15) is 30.7 Å². The van der Waals surface area contributed by atoms with Crippen molar-refractivity contribution in [1.82, 2.24) is 0 Å². The van der Waals surface area contributed by atoms with Gasteiger partial charge < -0.3 is 105 Å². The van der Waals surface area contributed by atoms with Crippen molar-refractivity contribution in [2.75, 3.05) is 6.61 Å². The summed E-state index contributed by atoms with van der Waals surface area (Å²) >= 11 is 0. The van der Waals surface area contributed by atoms with Crippen LogP contribution in [-0.2, 0) is 39.8 Å². The van der Waals surface area contributed by atoms with Crippen LogP contribution in [0.25, 0.3) is 16.7 Å². The van der Waals surface area contributed by atoms with Gasteiger partial charge in [0.2, 0.25) is 23.5 Å². The number of aliphatic hydroxyl groups excluding tert-OH is 3. The van der Waals surface area contributed by atoms with Gasteiger partial charge in [0, 0.05) is 22.3 Å². The first-order chi connectivity index (χ1) is 31.1. The third-order valence-electron chi connectivity index (χ3n) is 10.9. The van der Waals surface area contributed by atoms with Crippen molar-refractivity contribution in [2.24, 2.45) is 0 Å². The Kier molecular flexibility index (Phi) is 10.6. The fourth-order valence-electron chi connectivity index (χ4n) is 7.72. The molecule has 3 aliphatic heterocycles. The minimum Gasteiger partial charge on any atom is -0.509 e. The maximum absolute atomic E-state index is 14.5. The molecule has 1 fully saturated rings. The van der Waals surface area contributed by atoms with Crippen molar-refractivity contribution in [3.05, 3.63) is 75.6 Å². The van der Waals surface area contributed by atoms with E-state index in [2.05, 4.69) is 0 Å². The standard InChI is InChI=1S/C41H32O25/c42-14-1-9(2-15(43)25(14)48)37(57)66-41-36-35(65-40(60)12-5-18(46)27(50)31(54)22(12)21-10(7-61-36)3-16(44)26(49)30(21)53)34-20(63-41)8-62-38(58)11-4-17(45)28(51)32(55)23(11)24-13(39(59)64-34)6-19(47)29(52)33(24)56/h1-6,20,27,31,34-36,41-56H,7-8H2/t20?,27?,31?,34-,35?,36?,41+/m1/s1. The third kappa shape index (κ3) is 6.99. The van der Waals surface area contributed by atoms with Crippen LogP contribution in [0.3, 0.4) is 0 Å². The quantitative estimate of drug-likeness (QED) is 0.0741. The van der Waals surface area contributed by atoms with E-state index in [9.17, 15) is 95.8 Å². The van der Waals surface area contributed by atoms with Crippen LogP contribution >= 0.6 is 0 Å². The Hall–Kier alpha value is -8.52. The zero-order valence-corrected chi connectivity index (χ0v) is 32.7. The molecule has 15 N–H and O–H groups in total. The SMILES string of the molecule is O=C1OC2C(OCc3cc(O)c(O)c(O)c3C3=C1C=C(O)C(O)C3O)[C@H](OC(=O)c1cc(O)c(O)c(O)c1)OC1COC(=O)c3cc(O)c(O)c(O)c3-c3c(cc(O)c(O)c3O)C(=O)O[C@H]12. The highest BCUT2D eigenvalue weighted by molar-refractivity contribution is 6.08. The first-order valence-electron chi connectivity index (χ1n) is 18.8. The van der Waals surface area contributed by atoms with E-state index in [1.165, 1.54) is 0 Å². The third-order valence-corrected chi connectivity index (χ3v) is 10.9. The number of esters is 4. The van der Waals surface area contributed by atoms with Crippen LogP contribution in [0, 0.1) is 0 Å². The molecule has 0 spiro atoms. The number of cyclic esters (lactones) is 1. The number of ether oxygens (including phenoxy) is 6. The smallest absolute Gasteiger partial charge is 0.340 e. The molecule has 25 heteroatoms. The monoisotopic (exact) mass is 924 g/mol. The van der Waals surface area contributed by atoms with Crippen molar-refractivity contribution in [2.45, 2.75) is 49.5 Å². The number of phenols is 12. The molecule has 1 aliphatic carbocycles. The highest BCUT2D eigenvalue weighted by atomic mass is 16.7. The Labute approximate surface area is 365 Å². The molecular weight excluding hydrogens is 892 g/mol. The van der Waals surface area contributed by atoms with E-state index >= 15 is 0 Å². The van der Waals surface area contributed by atoms with E-state index in [4.69, 9.17) is 28.4 Å². The molecule has 0 bridgehead atoms. The largest absolute Gasteiger partial charge is 0.509 e. The summed E-state index contributed by atoms with van der Waals surface area (Å²) in [5, 5.41) is 159. The van der Waals surface area contributed by atoms with E-state index in [-0.39, 0.29) is 0 Å². The van der Waals surface area contributed by atoms with Crippen LogP contribution in [0.5, 0.6) is 69.0 Å². The maximum atomic E-state index is 14.5. The molecule has 0 radical (unpaired) electrons. The van der Waals surface area contributed by atoms with Crippen molar-refractivity contribution in [3.8, 4) is 80.1 Å². The highest BCUT2D eigenvalue weighted by Crippen LogP contribution is 2.53. The second-order valence-corrected chi connectivity index (χ2v) is 14.9. The molecule has 0 amide bonds. The van der Waals surface area contributed by atoms with Crippen molar-refractivity contribution >= 4 is 29.5 Å². The zero-order valence-electron chi connectivity index (χ0n) is 32.7. The van der Waals surface area contributed by atoms with Gasteiger partial charge in [-0.25, -0.2) is 19.2 Å². The molecule has 1 saturated heterocycles. The molecule has 25 nitrogen and oxygen atoms in total. The number of fused-ring (bicyclic) bond motifs is 8. The number of hydrogen-bond acceptors (Lipinski definition) is 25. The van der Waals surface area contributed by atoms with Crippen LogP contribution < -0.4 is 0 Å². The molecule has 4 aromatic rings. The maximum Gasteiger partial charge on any atom is 0.340 e. The molecule has 66 heavy (non-hydrogen) atoms. The number of aliphatic hydroxyl groups is 3. The minimum atomic E-state index is -2.31. The van der Waals surface area contributed by atoms with Gasteiger partial charge in [0.15, 0.2) is 70.1 Å². The lowest BCUT2D eigenvalue weighted by Gasteiger charge is -2.44. The summed E-state index contributed by atoms with van der Waals surface area (Å²) in [4.78, 5) is 56.4. The second-order valence-electron chi connectivity index (χ2n) is 14.9. The Morgan fingerprint density at radius 2 is 1.08 bits per heavy atom. The van der Waals surface area contributed by atoms with Crippen LogP contribution in [0.1, 0.15) is 42.2 Å². The van der Waals surface area contributed by atoms with E-state index in [0.717, 1.165) is 6.07 Å². The van der Waals surface area contributed by atoms with Gasteiger partial charge in [-0.2, -0.15) is 0 Å². The number of carbonyl (C=O) groups is 4. The fourth-order valence-corrected chi connectivity index (χ4v) is 7.72. The highest BCUT2D eigenvalue weighted by Gasteiger charge is 2.55. The molecule has 5 unspecified atom stereocenters. The van der Waals surface area contributed by atoms with E-state index in [0.29, 0.717) is 30.3 Å². The molecule has 4 aromatic carbocycles. The average Bonchev–Trinajstić information content (AvgIpc) is 3.28. The van der Waals surface area contributed by atoms with Gasteiger partial charge in [-0.15, -0.1) is 0 Å². The van der Waals surface area contributed by atoms with Crippen molar-refractivity contribution in [3.63, 3.8) is 0 Å². The van der Waals surface area contributed by atoms with Gasteiger partial charge >= 0.3 is 23.9 Å². The van der Waals surface area contributed by atoms with Gasteiger partial charge in [-0.05, 0) is 42.0 Å². The summed E-state index contributed by atoms with van der Waals surface area (Å²) in [6, 6.07) is 3.01. The predicted octanol–water partition coefficient (Wildman–Crippen LogP) is 0.540.